The second kappa shape index (κ2) is 6.43. The molecule has 0 spiro atoms. The van der Waals surface area contributed by atoms with E-state index in [0.29, 0.717) is 5.56 Å². The maximum Gasteiger partial charge on any atom is 0.172 e. The van der Waals surface area contributed by atoms with Gasteiger partial charge in [0.05, 0.1) is 0 Å². The van der Waals surface area contributed by atoms with Crippen molar-refractivity contribution in [2.45, 2.75) is 6.54 Å². The molecular weight excluding hydrogens is 318 g/mol. The first-order valence-corrected chi connectivity index (χ1v) is 6.94. The third kappa shape index (κ3) is 3.11. The highest BCUT2D eigenvalue weighted by Crippen LogP contribution is 2.23. The highest BCUT2D eigenvalue weighted by Gasteiger charge is 2.11. The van der Waals surface area contributed by atoms with Crippen LogP contribution in [0.4, 0.5) is 5.69 Å². The maximum absolute atomic E-state index is 8.87. The third-order valence-electron chi connectivity index (χ3n) is 3.06. The molecule has 2 aromatic rings. The predicted octanol–water partition coefficient (Wildman–Crippen LogP) is 3.18. The van der Waals surface area contributed by atoms with E-state index in [1.807, 2.05) is 49.5 Å². The molecule has 104 valence electrons. The van der Waals surface area contributed by atoms with E-state index in [2.05, 4.69) is 32.1 Å². The molecule has 0 unspecified atom stereocenters. The van der Waals surface area contributed by atoms with E-state index in [0.717, 1.165) is 16.7 Å². The number of halogens is 1. The first-order valence-electron chi connectivity index (χ1n) is 6.15. The Labute approximate surface area is 126 Å². The lowest BCUT2D eigenvalue weighted by Gasteiger charge is -2.22. The SMILES string of the molecule is CN(Cc1ccccc1Br)c1ccccc1C(N)=NO. The predicted molar refractivity (Wildman–Crippen MR) is 85.2 cm³/mol. The van der Waals surface area contributed by atoms with E-state index < -0.39 is 0 Å². The number of para-hydroxylation sites is 1. The van der Waals surface area contributed by atoms with Gasteiger partial charge in [0, 0.05) is 29.3 Å². The molecule has 3 N–H and O–H groups in total. The Morgan fingerprint density at radius 1 is 1.20 bits per heavy atom. The highest BCUT2D eigenvalue weighted by molar-refractivity contribution is 9.10. The number of nitrogens with zero attached hydrogens (tertiary/aromatic N) is 2. The van der Waals surface area contributed by atoms with Gasteiger partial charge in [0.2, 0.25) is 0 Å². The zero-order chi connectivity index (χ0) is 14.5. The van der Waals surface area contributed by atoms with Gasteiger partial charge in [0.15, 0.2) is 5.84 Å². The summed E-state index contributed by atoms with van der Waals surface area (Å²) in [6, 6.07) is 15.6. The third-order valence-corrected chi connectivity index (χ3v) is 3.84. The molecule has 5 heteroatoms. The van der Waals surface area contributed by atoms with Gasteiger partial charge in [0.1, 0.15) is 0 Å². The summed E-state index contributed by atoms with van der Waals surface area (Å²) in [7, 11) is 1.98. The fourth-order valence-corrected chi connectivity index (χ4v) is 2.45. The van der Waals surface area contributed by atoms with Crippen LogP contribution in [-0.2, 0) is 6.54 Å². The molecule has 0 radical (unpaired) electrons. The summed E-state index contributed by atoms with van der Waals surface area (Å²) in [5, 5.41) is 12.0. The molecule has 0 fully saturated rings. The fraction of sp³-hybridized carbons (Fsp3) is 0.133. The quantitative estimate of drug-likeness (QED) is 0.391. The average molecular weight is 334 g/mol. The van der Waals surface area contributed by atoms with Crippen LogP contribution in [0.2, 0.25) is 0 Å². The minimum absolute atomic E-state index is 0.111. The number of benzene rings is 2. The fourth-order valence-electron chi connectivity index (χ4n) is 2.04. The van der Waals surface area contributed by atoms with Gasteiger partial charge in [-0.15, -0.1) is 0 Å². The number of anilines is 1. The number of hydrogen-bond donors (Lipinski definition) is 2. The molecule has 0 bridgehead atoms. The monoisotopic (exact) mass is 333 g/mol. The Hall–Kier alpha value is -2.01. The molecule has 0 aliphatic rings. The molecule has 0 aliphatic heterocycles. The zero-order valence-corrected chi connectivity index (χ0v) is 12.7. The van der Waals surface area contributed by atoms with Crippen molar-refractivity contribution >= 4 is 27.5 Å². The molecule has 20 heavy (non-hydrogen) atoms. The molecular formula is C15H16BrN3O. The van der Waals surface area contributed by atoms with Gasteiger partial charge in [-0.3, -0.25) is 0 Å². The van der Waals surface area contributed by atoms with Crippen LogP contribution >= 0.6 is 15.9 Å². The Balaban J connectivity index is 2.30. The number of amidine groups is 1. The largest absolute Gasteiger partial charge is 0.409 e. The molecule has 0 aliphatic carbocycles. The summed E-state index contributed by atoms with van der Waals surface area (Å²) in [5.74, 6) is 0.111. The van der Waals surface area contributed by atoms with Gasteiger partial charge in [-0.1, -0.05) is 51.4 Å². The number of hydrogen-bond acceptors (Lipinski definition) is 3. The van der Waals surface area contributed by atoms with Crippen LogP contribution in [0.3, 0.4) is 0 Å². The lowest BCUT2D eigenvalue weighted by molar-refractivity contribution is 0.318. The number of oxime groups is 1. The summed E-state index contributed by atoms with van der Waals surface area (Å²) in [6.45, 7) is 0.719. The van der Waals surface area contributed by atoms with Crippen molar-refractivity contribution in [2.75, 3.05) is 11.9 Å². The molecule has 0 atom stereocenters. The van der Waals surface area contributed by atoms with E-state index in [9.17, 15) is 0 Å². The first kappa shape index (κ1) is 14.4. The Bertz CT molecular complexity index is 628. The summed E-state index contributed by atoms with van der Waals surface area (Å²) < 4.78 is 1.06. The van der Waals surface area contributed by atoms with E-state index in [1.165, 1.54) is 5.56 Å². The Kier molecular flexibility index (Phi) is 4.63. The van der Waals surface area contributed by atoms with Crippen molar-refractivity contribution in [3.8, 4) is 0 Å². The lowest BCUT2D eigenvalue weighted by Crippen LogP contribution is -2.22. The summed E-state index contributed by atoms with van der Waals surface area (Å²) in [6.07, 6.45) is 0. The second-order valence-corrected chi connectivity index (χ2v) is 5.30. The normalized spacial score (nSPS) is 11.4. The van der Waals surface area contributed by atoms with Crippen molar-refractivity contribution in [1.82, 2.24) is 0 Å². The molecule has 0 heterocycles. The van der Waals surface area contributed by atoms with E-state index >= 15 is 0 Å². The minimum Gasteiger partial charge on any atom is -0.409 e. The Morgan fingerprint density at radius 3 is 2.55 bits per heavy atom. The van der Waals surface area contributed by atoms with Gasteiger partial charge < -0.3 is 15.8 Å². The molecule has 2 rings (SSSR count). The van der Waals surface area contributed by atoms with Crippen LogP contribution in [0.25, 0.3) is 0 Å². The summed E-state index contributed by atoms with van der Waals surface area (Å²) in [4.78, 5) is 2.06. The van der Waals surface area contributed by atoms with Crippen LogP contribution in [0.15, 0.2) is 58.2 Å². The topological polar surface area (TPSA) is 61.8 Å². The lowest BCUT2D eigenvalue weighted by atomic mass is 10.1. The van der Waals surface area contributed by atoms with Crippen LogP contribution in [0.5, 0.6) is 0 Å². The van der Waals surface area contributed by atoms with Crippen LogP contribution in [-0.4, -0.2) is 18.1 Å². The van der Waals surface area contributed by atoms with Gasteiger partial charge in [0.25, 0.3) is 0 Å². The minimum atomic E-state index is 0.111. The first-order chi connectivity index (χ1) is 9.63. The standard InChI is InChI=1S/C15H16BrN3O/c1-19(10-11-6-2-4-8-13(11)16)14-9-5-3-7-12(14)15(17)18-20/h2-9,20H,10H2,1H3,(H2,17,18). The molecule has 0 saturated carbocycles. The van der Waals surface area contributed by atoms with Gasteiger partial charge in [-0.2, -0.15) is 0 Å². The zero-order valence-electron chi connectivity index (χ0n) is 11.1. The average Bonchev–Trinajstić information content (AvgIpc) is 2.48. The van der Waals surface area contributed by atoms with Gasteiger partial charge >= 0.3 is 0 Å². The molecule has 0 aromatic heterocycles. The second-order valence-electron chi connectivity index (χ2n) is 4.45. The summed E-state index contributed by atoms with van der Waals surface area (Å²) >= 11 is 3.54. The molecule has 2 aromatic carbocycles. The van der Waals surface area contributed by atoms with E-state index in [-0.39, 0.29) is 5.84 Å². The number of nitrogens with two attached hydrogens (primary N) is 1. The van der Waals surface area contributed by atoms with Crippen molar-refractivity contribution in [3.63, 3.8) is 0 Å². The highest BCUT2D eigenvalue weighted by atomic mass is 79.9. The van der Waals surface area contributed by atoms with Gasteiger partial charge in [-0.05, 0) is 23.8 Å². The van der Waals surface area contributed by atoms with Crippen LogP contribution < -0.4 is 10.6 Å². The smallest absolute Gasteiger partial charge is 0.172 e. The van der Waals surface area contributed by atoms with Crippen molar-refractivity contribution in [2.24, 2.45) is 10.9 Å². The molecule has 4 nitrogen and oxygen atoms in total. The van der Waals surface area contributed by atoms with Crippen LogP contribution in [0.1, 0.15) is 11.1 Å². The Morgan fingerprint density at radius 2 is 1.85 bits per heavy atom. The molecule has 0 saturated heterocycles. The van der Waals surface area contributed by atoms with E-state index in [4.69, 9.17) is 10.9 Å². The van der Waals surface area contributed by atoms with Gasteiger partial charge in [-0.25, -0.2) is 0 Å². The van der Waals surface area contributed by atoms with E-state index in [1.54, 1.807) is 0 Å². The van der Waals surface area contributed by atoms with Crippen molar-refractivity contribution in [3.05, 3.63) is 64.1 Å². The van der Waals surface area contributed by atoms with Crippen molar-refractivity contribution < 1.29 is 5.21 Å². The summed E-state index contributed by atoms with van der Waals surface area (Å²) in [5.41, 5.74) is 8.52. The molecule has 0 amide bonds. The maximum atomic E-state index is 8.87. The van der Waals surface area contributed by atoms with Crippen molar-refractivity contribution in [1.29, 1.82) is 0 Å². The van der Waals surface area contributed by atoms with Crippen LogP contribution in [0, 0.1) is 0 Å². The number of rotatable bonds is 4.